The maximum Gasteiger partial charge on any atom is 0.371 e. The number of carboxylic acids is 1. The second-order valence-electron chi connectivity index (χ2n) is 3.18. The lowest BCUT2D eigenvalue weighted by atomic mass is 10.4. The number of hydrogen-bond donors (Lipinski definition) is 2. The van der Waals surface area contributed by atoms with Gasteiger partial charge in [0.05, 0.1) is 0 Å². The van der Waals surface area contributed by atoms with Gasteiger partial charge in [-0.05, 0) is 25.5 Å². The van der Waals surface area contributed by atoms with Crippen LogP contribution in [0.4, 0.5) is 0 Å². The molecule has 0 aliphatic heterocycles. The Bertz CT molecular complexity index is 515. The summed E-state index contributed by atoms with van der Waals surface area (Å²) in [4.78, 5) is 10.5. The second-order valence-corrected chi connectivity index (χ2v) is 4.88. The smallest absolute Gasteiger partial charge is 0.371 e. The first kappa shape index (κ1) is 13.5. The highest BCUT2D eigenvalue weighted by Gasteiger charge is 2.19. The fraction of sp³-hybridized carbons (Fsp3) is 0.300. The Balaban J connectivity index is 2.72. The molecular formula is C10H13NO5S. The molecule has 2 N–H and O–H groups in total. The van der Waals surface area contributed by atoms with Gasteiger partial charge in [0.25, 0.3) is 10.0 Å². The molecule has 94 valence electrons. The summed E-state index contributed by atoms with van der Waals surface area (Å²) in [5.74, 6) is -1.71. The maximum atomic E-state index is 11.6. The van der Waals surface area contributed by atoms with E-state index in [0.717, 1.165) is 12.1 Å². The van der Waals surface area contributed by atoms with Crippen molar-refractivity contribution in [3.8, 4) is 0 Å². The van der Waals surface area contributed by atoms with E-state index < -0.39 is 26.8 Å². The van der Waals surface area contributed by atoms with Crippen molar-refractivity contribution in [1.82, 2.24) is 4.72 Å². The molecule has 1 heterocycles. The van der Waals surface area contributed by atoms with Crippen molar-refractivity contribution < 1.29 is 22.7 Å². The zero-order valence-electron chi connectivity index (χ0n) is 9.21. The number of rotatable bonds is 6. The zero-order valence-corrected chi connectivity index (χ0v) is 10.0. The molecule has 0 aromatic carbocycles. The maximum absolute atomic E-state index is 11.6. The van der Waals surface area contributed by atoms with Crippen LogP contribution < -0.4 is 4.72 Å². The van der Waals surface area contributed by atoms with Crippen LogP contribution >= 0.6 is 0 Å². The third kappa shape index (κ3) is 3.72. The van der Waals surface area contributed by atoms with Crippen molar-refractivity contribution in [2.75, 3.05) is 6.54 Å². The van der Waals surface area contributed by atoms with E-state index in [0.29, 0.717) is 6.42 Å². The van der Waals surface area contributed by atoms with E-state index in [1.165, 1.54) is 0 Å². The minimum atomic E-state index is -3.77. The Morgan fingerprint density at radius 3 is 2.76 bits per heavy atom. The first-order valence-electron chi connectivity index (χ1n) is 4.91. The molecule has 1 aromatic heterocycles. The number of furan rings is 1. The molecule has 0 spiro atoms. The minimum absolute atomic E-state index is 0.232. The normalized spacial score (nSPS) is 12.1. The van der Waals surface area contributed by atoms with E-state index in [-0.39, 0.29) is 6.54 Å². The Kier molecular flexibility index (Phi) is 4.47. The van der Waals surface area contributed by atoms with Crippen LogP contribution in [0.15, 0.2) is 33.8 Å². The lowest BCUT2D eigenvalue weighted by Crippen LogP contribution is -2.24. The Morgan fingerprint density at radius 1 is 1.53 bits per heavy atom. The van der Waals surface area contributed by atoms with Gasteiger partial charge in [0.1, 0.15) is 0 Å². The van der Waals surface area contributed by atoms with E-state index in [2.05, 4.69) is 4.72 Å². The minimum Gasteiger partial charge on any atom is -0.475 e. The average Bonchev–Trinajstić information content (AvgIpc) is 2.74. The molecule has 17 heavy (non-hydrogen) atoms. The highest BCUT2D eigenvalue weighted by Crippen LogP contribution is 2.13. The molecule has 7 heteroatoms. The van der Waals surface area contributed by atoms with Gasteiger partial charge in [0.15, 0.2) is 0 Å². The SMILES string of the molecule is C/C=C/CCNS(=O)(=O)c1ccc(C(=O)O)o1. The highest BCUT2D eigenvalue weighted by molar-refractivity contribution is 7.89. The van der Waals surface area contributed by atoms with Gasteiger partial charge in [0, 0.05) is 6.54 Å². The summed E-state index contributed by atoms with van der Waals surface area (Å²) in [5, 5.41) is 8.20. The molecule has 0 aliphatic rings. The summed E-state index contributed by atoms with van der Waals surface area (Å²) in [6.07, 6.45) is 4.18. The molecule has 0 unspecified atom stereocenters. The lowest BCUT2D eigenvalue weighted by Gasteiger charge is -2.01. The van der Waals surface area contributed by atoms with Crippen molar-refractivity contribution in [3.63, 3.8) is 0 Å². The Hall–Kier alpha value is -1.60. The molecule has 0 aliphatic carbocycles. The van der Waals surface area contributed by atoms with E-state index in [4.69, 9.17) is 9.52 Å². The van der Waals surface area contributed by atoms with E-state index in [9.17, 15) is 13.2 Å². The number of nitrogens with one attached hydrogen (secondary N) is 1. The molecule has 0 fully saturated rings. The van der Waals surface area contributed by atoms with Crippen LogP contribution in [0.3, 0.4) is 0 Å². The first-order valence-corrected chi connectivity index (χ1v) is 6.39. The van der Waals surface area contributed by atoms with E-state index >= 15 is 0 Å². The fourth-order valence-corrected chi connectivity index (χ4v) is 2.07. The van der Waals surface area contributed by atoms with Gasteiger partial charge in [-0.1, -0.05) is 12.2 Å². The molecule has 0 bridgehead atoms. The van der Waals surface area contributed by atoms with Crippen molar-refractivity contribution in [2.24, 2.45) is 0 Å². The average molecular weight is 259 g/mol. The standard InChI is InChI=1S/C10H13NO5S/c1-2-3-4-7-11-17(14,15)9-6-5-8(16-9)10(12)13/h2-3,5-6,11H,4,7H2,1H3,(H,12,13)/b3-2+. The monoisotopic (exact) mass is 259 g/mol. The van der Waals surface area contributed by atoms with Gasteiger partial charge in [-0.3, -0.25) is 0 Å². The van der Waals surface area contributed by atoms with Gasteiger partial charge in [-0.2, -0.15) is 0 Å². The second kappa shape index (κ2) is 5.65. The van der Waals surface area contributed by atoms with Gasteiger partial charge < -0.3 is 9.52 Å². The summed E-state index contributed by atoms with van der Waals surface area (Å²) >= 11 is 0. The summed E-state index contributed by atoms with van der Waals surface area (Å²) in [6.45, 7) is 2.07. The quantitative estimate of drug-likeness (QED) is 0.591. The number of allylic oxidation sites excluding steroid dienone is 1. The third-order valence-corrected chi connectivity index (χ3v) is 3.23. The number of carbonyl (C=O) groups is 1. The number of sulfonamides is 1. The number of aromatic carboxylic acids is 1. The zero-order chi connectivity index (χ0) is 12.9. The molecule has 0 atom stereocenters. The van der Waals surface area contributed by atoms with Gasteiger partial charge >= 0.3 is 5.97 Å². The van der Waals surface area contributed by atoms with E-state index in [1.807, 2.05) is 19.1 Å². The molecule has 0 saturated heterocycles. The molecule has 6 nitrogen and oxygen atoms in total. The molecule has 1 rings (SSSR count). The van der Waals surface area contributed by atoms with Crippen LogP contribution in [-0.4, -0.2) is 26.0 Å². The molecule has 0 radical (unpaired) electrons. The largest absolute Gasteiger partial charge is 0.475 e. The molecular weight excluding hydrogens is 246 g/mol. The summed E-state index contributed by atoms with van der Waals surface area (Å²) in [5.41, 5.74) is 0. The number of carboxylic acid groups (broad SMARTS) is 1. The number of hydrogen-bond acceptors (Lipinski definition) is 4. The van der Waals surface area contributed by atoms with Crippen molar-refractivity contribution in [2.45, 2.75) is 18.4 Å². The molecule has 0 amide bonds. The van der Waals surface area contributed by atoms with E-state index in [1.54, 1.807) is 0 Å². The van der Waals surface area contributed by atoms with Crippen molar-refractivity contribution >= 4 is 16.0 Å². The molecule has 0 saturated carbocycles. The summed E-state index contributed by atoms with van der Waals surface area (Å²) in [6, 6.07) is 2.21. The fourth-order valence-electron chi connectivity index (χ4n) is 1.09. The van der Waals surface area contributed by atoms with Crippen molar-refractivity contribution in [1.29, 1.82) is 0 Å². The van der Waals surface area contributed by atoms with Crippen LogP contribution in [0.25, 0.3) is 0 Å². The summed E-state index contributed by atoms with van der Waals surface area (Å²) in [7, 11) is -3.77. The lowest BCUT2D eigenvalue weighted by molar-refractivity contribution is 0.0656. The topological polar surface area (TPSA) is 96.6 Å². The first-order chi connectivity index (χ1) is 7.97. The van der Waals surface area contributed by atoms with Gasteiger partial charge in [0.2, 0.25) is 10.9 Å². The van der Waals surface area contributed by atoms with Gasteiger partial charge in [-0.25, -0.2) is 17.9 Å². The summed E-state index contributed by atoms with van der Waals surface area (Å²) < 4.78 is 30.2. The van der Waals surface area contributed by atoms with Crippen LogP contribution in [0.2, 0.25) is 0 Å². The molecule has 1 aromatic rings. The van der Waals surface area contributed by atoms with Gasteiger partial charge in [-0.15, -0.1) is 0 Å². The van der Waals surface area contributed by atoms with Crippen LogP contribution in [0.1, 0.15) is 23.9 Å². The Labute approximate surface area is 99.0 Å². The predicted octanol–water partition coefficient (Wildman–Crippen LogP) is 1.22. The van der Waals surface area contributed by atoms with Crippen molar-refractivity contribution in [3.05, 3.63) is 30.0 Å². The Morgan fingerprint density at radius 2 is 2.24 bits per heavy atom. The van der Waals surface area contributed by atoms with Crippen LogP contribution in [0, 0.1) is 0 Å². The third-order valence-electron chi connectivity index (χ3n) is 1.90. The van der Waals surface area contributed by atoms with Crippen LogP contribution in [-0.2, 0) is 10.0 Å². The van der Waals surface area contributed by atoms with Crippen LogP contribution in [0.5, 0.6) is 0 Å². The predicted molar refractivity (Wildman–Crippen MR) is 60.3 cm³/mol. The highest BCUT2D eigenvalue weighted by atomic mass is 32.2.